The van der Waals surface area contributed by atoms with Crippen molar-refractivity contribution in [1.82, 2.24) is 15.0 Å². The van der Waals surface area contributed by atoms with E-state index in [2.05, 4.69) is 10.1 Å². The fourth-order valence-corrected chi connectivity index (χ4v) is 2.80. The lowest BCUT2D eigenvalue weighted by molar-refractivity contribution is -0.146. The molecule has 0 radical (unpaired) electrons. The SMILES string of the molecule is O=C(CCCc1nc(-c2ccc(Cl)cc2)no1)N1CCO[C@H](C(F)F)C1. The van der Waals surface area contributed by atoms with Crippen molar-refractivity contribution in [3.05, 3.63) is 35.2 Å². The van der Waals surface area contributed by atoms with Crippen molar-refractivity contribution in [2.45, 2.75) is 31.8 Å². The minimum Gasteiger partial charge on any atom is -0.369 e. The van der Waals surface area contributed by atoms with Crippen LogP contribution in [0.15, 0.2) is 28.8 Å². The molecule has 1 fully saturated rings. The average molecular weight is 386 g/mol. The van der Waals surface area contributed by atoms with Crippen LogP contribution in [0.2, 0.25) is 5.02 Å². The van der Waals surface area contributed by atoms with Crippen LogP contribution < -0.4 is 0 Å². The largest absolute Gasteiger partial charge is 0.369 e. The fraction of sp³-hybridized carbons (Fsp3) is 0.471. The van der Waals surface area contributed by atoms with Crippen molar-refractivity contribution >= 4 is 17.5 Å². The number of ether oxygens (including phenoxy) is 1. The quantitative estimate of drug-likeness (QED) is 0.763. The summed E-state index contributed by atoms with van der Waals surface area (Å²) in [5.41, 5.74) is 0.784. The first-order valence-electron chi connectivity index (χ1n) is 8.29. The predicted octanol–water partition coefficient (Wildman–Crippen LogP) is 3.21. The van der Waals surface area contributed by atoms with E-state index in [0.29, 0.717) is 36.1 Å². The molecule has 2 aromatic rings. The highest BCUT2D eigenvalue weighted by atomic mass is 35.5. The molecule has 1 amide bonds. The van der Waals surface area contributed by atoms with Gasteiger partial charge in [0.25, 0.3) is 6.43 Å². The Kier molecular flexibility index (Phi) is 6.16. The Morgan fingerprint density at radius 1 is 1.35 bits per heavy atom. The van der Waals surface area contributed by atoms with Gasteiger partial charge in [-0.15, -0.1) is 0 Å². The third kappa shape index (κ3) is 4.76. The van der Waals surface area contributed by atoms with Gasteiger partial charge >= 0.3 is 0 Å². The fourth-order valence-electron chi connectivity index (χ4n) is 2.68. The normalized spacial score (nSPS) is 17.7. The molecule has 1 aliphatic heterocycles. The number of benzene rings is 1. The summed E-state index contributed by atoms with van der Waals surface area (Å²) in [6, 6.07) is 7.05. The van der Waals surface area contributed by atoms with Crippen molar-refractivity contribution in [2.24, 2.45) is 0 Å². The summed E-state index contributed by atoms with van der Waals surface area (Å²) in [7, 11) is 0. The van der Waals surface area contributed by atoms with Gasteiger partial charge in [-0.05, 0) is 30.7 Å². The number of morpholine rings is 1. The van der Waals surface area contributed by atoms with Gasteiger partial charge in [-0.3, -0.25) is 4.79 Å². The first-order valence-corrected chi connectivity index (χ1v) is 8.67. The van der Waals surface area contributed by atoms with Crippen molar-refractivity contribution in [3.8, 4) is 11.4 Å². The highest BCUT2D eigenvalue weighted by Crippen LogP contribution is 2.19. The van der Waals surface area contributed by atoms with E-state index in [0.717, 1.165) is 5.56 Å². The van der Waals surface area contributed by atoms with Crippen LogP contribution in [0, 0.1) is 0 Å². The number of amides is 1. The molecule has 6 nitrogen and oxygen atoms in total. The smallest absolute Gasteiger partial charge is 0.266 e. The first-order chi connectivity index (χ1) is 12.5. The standard InChI is InChI=1S/C17H18ClF2N3O3/c18-12-6-4-11(5-7-12)17-21-14(26-22-17)2-1-3-15(24)23-8-9-25-13(10-23)16(19)20/h4-7,13,16H,1-3,8-10H2/t13-/m0/s1. The average Bonchev–Trinajstić information content (AvgIpc) is 3.11. The van der Waals surface area contributed by atoms with Crippen LogP contribution in [0.1, 0.15) is 18.7 Å². The Morgan fingerprint density at radius 3 is 2.85 bits per heavy atom. The van der Waals surface area contributed by atoms with Gasteiger partial charge in [-0.2, -0.15) is 4.98 Å². The lowest BCUT2D eigenvalue weighted by Crippen LogP contribution is -2.48. The Labute approximate surface area is 154 Å². The van der Waals surface area contributed by atoms with Gasteiger partial charge in [0.05, 0.1) is 13.2 Å². The predicted molar refractivity (Wildman–Crippen MR) is 90.0 cm³/mol. The topological polar surface area (TPSA) is 68.5 Å². The van der Waals surface area contributed by atoms with Gasteiger partial charge in [-0.1, -0.05) is 16.8 Å². The molecule has 3 rings (SSSR count). The van der Waals surface area contributed by atoms with Crippen molar-refractivity contribution in [2.75, 3.05) is 19.7 Å². The summed E-state index contributed by atoms with van der Waals surface area (Å²) in [6.45, 7) is 0.399. The molecule has 1 aromatic carbocycles. The zero-order valence-corrected chi connectivity index (χ0v) is 14.7. The maximum atomic E-state index is 12.7. The number of alkyl halides is 2. The number of aromatic nitrogens is 2. The molecule has 1 aromatic heterocycles. The van der Waals surface area contributed by atoms with Gasteiger partial charge in [0, 0.05) is 30.0 Å². The van der Waals surface area contributed by atoms with Crippen molar-refractivity contribution < 1.29 is 22.8 Å². The zero-order chi connectivity index (χ0) is 18.5. The summed E-state index contributed by atoms with van der Waals surface area (Å²) in [5.74, 6) is 0.711. The van der Waals surface area contributed by atoms with Crippen LogP contribution in [0.3, 0.4) is 0 Å². The lowest BCUT2D eigenvalue weighted by atomic mass is 10.2. The Bertz CT molecular complexity index is 739. The van der Waals surface area contributed by atoms with Crippen molar-refractivity contribution in [1.29, 1.82) is 0 Å². The second kappa shape index (κ2) is 8.55. The molecule has 0 saturated carbocycles. The number of nitrogens with zero attached hydrogens (tertiary/aromatic N) is 3. The number of aryl methyl sites for hydroxylation is 1. The molecular weight excluding hydrogens is 368 g/mol. The van der Waals surface area contributed by atoms with Crippen LogP contribution in [0.25, 0.3) is 11.4 Å². The number of hydrogen-bond donors (Lipinski definition) is 0. The molecular formula is C17H18ClF2N3O3. The lowest BCUT2D eigenvalue weighted by Gasteiger charge is -2.32. The molecule has 0 N–H and O–H groups in total. The van der Waals surface area contributed by atoms with E-state index >= 15 is 0 Å². The Morgan fingerprint density at radius 2 is 2.12 bits per heavy atom. The van der Waals surface area contributed by atoms with Gasteiger partial charge in [0.15, 0.2) is 0 Å². The molecule has 0 aliphatic carbocycles. The highest BCUT2D eigenvalue weighted by molar-refractivity contribution is 6.30. The third-order valence-electron chi connectivity index (χ3n) is 4.08. The minimum atomic E-state index is -2.59. The van der Waals surface area contributed by atoms with Crippen LogP contribution in [0.4, 0.5) is 8.78 Å². The Hall–Kier alpha value is -2.06. The van der Waals surface area contributed by atoms with Crippen molar-refractivity contribution in [3.63, 3.8) is 0 Å². The van der Waals surface area contributed by atoms with Gasteiger partial charge in [0.2, 0.25) is 17.6 Å². The van der Waals surface area contributed by atoms with E-state index in [1.165, 1.54) is 4.90 Å². The number of hydrogen-bond acceptors (Lipinski definition) is 5. The second-order valence-electron chi connectivity index (χ2n) is 5.96. The van der Waals surface area contributed by atoms with Crippen LogP contribution in [0.5, 0.6) is 0 Å². The van der Waals surface area contributed by atoms with E-state index in [9.17, 15) is 13.6 Å². The van der Waals surface area contributed by atoms with Crippen LogP contribution in [-0.2, 0) is 16.0 Å². The minimum absolute atomic E-state index is 0.0717. The van der Waals surface area contributed by atoms with E-state index in [-0.39, 0.29) is 25.5 Å². The second-order valence-corrected chi connectivity index (χ2v) is 6.39. The summed E-state index contributed by atoms with van der Waals surface area (Å²) in [6.07, 6.45) is -2.62. The maximum Gasteiger partial charge on any atom is 0.266 e. The third-order valence-corrected chi connectivity index (χ3v) is 4.33. The number of halogens is 3. The summed E-state index contributed by atoms with van der Waals surface area (Å²) < 4.78 is 35.5. The monoisotopic (exact) mass is 385 g/mol. The number of rotatable bonds is 6. The summed E-state index contributed by atoms with van der Waals surface area (Å²) >= 11 is 5.84. The molecule has 1 saturated heterocycles. The summed E-state index contributed by atoms with van der Waals surface area (Å²) in [4.78, 5) is 17.9. The maximum absolute atomic E-state index is 12.7. The van der Waals surface area contributed by atoms with Gasteiger partial charge in [0.1, 0.15) is 6.10 Å². The first kappa shape index (κ1) is 18.7. The highest BCUT2D eigenvalue weighted by Gasteiger charge is 2.30. The molecule has 1 atom stereocenters. The number of carbonyl (C=O) groups excluding carboxylic acids is 1. The molecule has 0 bridgehead atoms. The molecule has 140 valence electrons. The van der Waals surface area contributed by atoms with Gasteiger partial charge in [-0.25, -0.2) is 8.78 Å². The molecule has 0 unspecified atom stereocenters. The zero-order valence-electron chi connectivity index (χ0n) is 13.9. The molecule has 9 heteroatoms. The van der Waals surface area contributed by atoms with Crippen LogP contribution in [-0.4, -0.2) is 53.2 Å². The van der Waals surface area contributed by atoms with Gasteiger partial charge < -0.3 is 14.2 Å². The van der Waals surface area contributed by atoms with E-state index < -0.39 is 12.5 Å². The number of carbonyl (C=O) groups is 1. The Balaban J connectivity index is 1.47. The van der Waals surface area contributed by atoms with Crippen LogP contribution >= 0.6 is 11.6 Å². The summed E-state index contributed by atoms with van der Waals surface area (Å²) in [5, 5.41) is 4.53. The molecule has 2 heterocycles. The van der Waals surface area contributed by atoms with E-state index in [1.807, 2.05) is 0 Å². The molecule has 26 heavy (non-hydrogen) atoms. The van der Waals surface area contributed by atoms with E-state index in [4.69, 9.17) is 20.9 Å². The molecule has 1 aliphatic rings. The van der Waals surface area contributed by atoms with E-state index in [1.54, 1.807) is 24.3 Å². The molecule has 0 spiro atoms.